The van der Waals surface area contributed by atoms with Gasteiger partial charge in [0.15, 0.2) is 0 Å². The molecule has 0 aliphatic rings. The predicted octanol–water partition coefficient (Wildman–Crippen LogP) is 3.45. The maximum Gasteiger partial charge on any atom is 0.275 e. The van der Waals surface area contributed by atoms with Crippen molar-refractivity contribution in [2.45, 2.75) is 39.0 Å². The molecule has 0 saturated carbocycles. The topological polar surface area (TPSA) is 60.2 Å². The maximum atomic E-state index is 11.9. The quantitative estimate of drug-likeness (QED) is 0.476. The van der Waals surface area contributed by atoms with Gasteiger partial charge >= 0.3 is 0 Å². The lowest BCUT2D eigenvalue weighted by molar-refractivity contribution is -0.386. The Morgan fingerprint density at radius 1 is 1.33 bits per heavy atom. The van der Waals surface area contributed by atoms with E-state index in [1.807, 2.05) is 0 Å². The van der Waals surface area contributed by atoms with E-state index in [1.165, 1.54) is 6.92 Å². The number of ketones is 1. The summed E-state index contributed by atoms with van der Waals surface area (Å²) in [6, 6.07) is 5.21. The van der Waals surface area contributed by atoms with Crippen molar-refractivity contribution in [1.82, 2.24) is 0 Å². The van der Waals surface area contributed by atoms with E-state index < -0.39 is 8.07 Å². The molecule has 18 heavy (non-hydrogen) atoms. The molecule has 4 nitrogen and oxygen atoms in total. The zero-order chi connectivity index (χ0) is 14.1. The Hall–Kier alpha value is -1.49. The number of nitro groups is 1. The van der Waals surface area contributed by atoms with E-state index in [0.29, 0.717) is 11.1 Å². The lowest BCUT2D eigenvalue weighted by Gasteiger charge is -2.27. The fourth-order valence-electron chi connectivity index (χ4n) is 2.46. The molecule has 1 atom stereocenters. The molecule has 0 fully saturated rings. The standard InChI is InChI=1S/C13H19NO3Si/c1-9-7-6-8-11(12(9)14(16)17)13(10(2)15)18(3,4)5/h6-8,13H,1-5H3. The van der Waals surface area contributed by atoms with Gasteiger partial charge in [0.2, 0.25) is 0 Å². The summed E-state index contributed by atoms with van der Waals surface area (Å²) < 4.78 is 0. The van der Waals surface area contributed by atoms with Crippen LogP contribution in [0.4, 0.5) is 5.69 Å². The van der Waals surface area contributed by atoms with E-state index in [0.717, 1.165) is 0 Å². The second-order valence-electron chi connectivity index (χ2n) is 5.68. The minimum absolute atomic E-state index is 0.0165. The molecule has 1 aromatic rings. The minimum Gasteiger partial charge on any atom is -0.300 e. The van der Waals surface area contributed by atoms with Gasteiger partial charge in [0.05, 0.1) is 13.0 Å². The molecule has 0 saturated heterocycles. The summed E-state index contributed by atoms with van der Waals surface area (Å²) in [6.45, 7) is 9.42. The molecule has 0 heterocycles. The molecule has 0 N–H and O–H groups in total. The van der Waals surface area contributed by atoms with E-state index in [2.05, 4.69) is 19.6 Å². The molecule has 1 rings (SSSR count). The zero-order valence-electron chi connectivity index (χ0n) is 11.5. The second kappa shape index (κ2) is 5.02. The van der Waals surface area contributed by atoms with E-state index in [4.69, 9.17) is 0 Å². The van der Waals surface area contributed by atoms with E-state index in [9.17, 15) is 14.9 Å². The molecule has 0 aliphatic heterocycles. The molecule has 98 valence electrons. The third kappa shape index (κ3) is 2.84. The summed E-state index contributed by atoms with van der Waals surface area (Å²) >= 11 is 0. The van der Waals surface area contributed by atoms with Crippen LogP contribution in [0.3, 0.4) is 0 Å². The van der Waals surface area contributed by atoms with Crippen LogP contribution in [0.2, 0.25) is 19.6 Å². The summed E-state index contributed by atoms with van der Waals surface area (Å²) in [5.41, 5.74) is 0.964. The first-order valence-corrected chi connectivity index (χ1v) is 9.48. The summed E-state index contributed by atoms with van der Waals surface area (Å²) in [5.74, 6) is 0.0165. The molecule has 1 unspecified atom stereocenters. The Morgan fingerprint density at radius 2 is 1.89 bits per heavy atom. The van der Waals surface area contributed by atoms with Crippen molar-refractivity contribution in [2.75, 3.05) is 0 Å². The van der Waals surface area contributed by atoms with Crippen molar-refractivity contribution in [3.05, 3.63) is 39.4 Å². The third-order valence-electron chi connectivity index (χ3n) is 3.04. The lowest BCUT2D eigenvalue weighted by atomic mass is 10.0. The molecule has 0 bridgehead atoms. The number of hydrogen-bond acceptors (Lipinski definition) is 3. The first-order chi connectivity index (χ1) is 8.16. The Morgan fingerprint density at radius 3 is 2.28 bits per heavy atom. The van der Waals surface area contributed by atoms with Crippen LogP contribution >= 0.6 is 0 Å². The van der Waals surface area contributed by atoms with E-state index in [1.54, 1.807) is 25.1 Å². The van der Waals surface area contributed by atoms with Crippen LogP contribution in [0.25, 0.3) is 0 Å². The number of aryl methyl sites for hydroxylation is 1. The average Bonchev–Trinajstić information content (AvgIpc) is 2.13. The van der Waals surface area contributed by atoms with Gasteiger partial charge in [0, 0.05) is 16.7 Å². The van der Waals surface area contributed by atoms with Crippen molar-refractivity contribution >= 4 is 19.5 Å². The van der Waals surface area contributed by atoms with Crippen molar-refractivity contribution in [2.24, 2.45) is 0 Å². The van der Waals surface area contributed by atoms with Crippen LogP contribution in [0.5, 0.6) is 0 Å². The van der Waals surface area contributed by atoms with Crippen molar-refractivity contribution in [3.8, 4) is 0 Å². The largest absolute Gasteiger partial charge is 0.300 e. The van der Waals surface area contributed by atoms with Crippen molar-refractivity contribution in [1.29, 1.82) is 0 Å². The summed E-state index contributed by atoms with van der Waals surface area (Å²) in [5, 5.41) is 11.2. The second-order valence-corrected chi connectivity index (χ2v) is 11.0. The molecule has 0 radical (unpaired) electrons. The lowest BCUT2D eigenvalue weighted by Crippen LogP contribution is -2.36. The molecular formula is C13H19NO3Si. The Balaban J connectivity index is 3.52. The van der Waals surface area contributed by atoms with Crippen LogP contribution < -0.4 is 0 Å². The third-order valence-corrected chi connectivity index (χ3v) is 5.48. The smallest absolute Gasteiger partial charge is 0.275 e. The number of nitro benzene ring substituents is 1. The average molecular weight is 265 g/mol. The Bertz CT molecular complexity index is 491. The summed E-state index contributed by atoms with van der Waals surface area (Å²) in [6.07, 6.45) is 0. The van der Waals surface area contributed by atoms with Crippen molar-refractivity contribution < 1.29 is 9.72 Å². The number of nitrogens with zero attached hydrogens (tertiary/aromatic N) is 1. The molecule has 0 amide bonds. The van der Waals surface area contributed by atoms with Gasteiger partial charge in [-0.15, -0.1) is 0 Å². The number of hydrogen-bond donors (Lipinski definition) is 0. The molecular weight excluding hydrogens is 246 g/mol. The van der Waals surface area contributed by atoms with Gasteiger partial charge in [-0.3, -0.25) is 14.9 Å². The number of para-hydroxylation sites is 1. The number of Topliss-reactive ketones (excluding diaryl/α,β-unsaturated/α-hetero) is 1. The van der Waals surface area contributed by atoms with Crippen LogP contribution in [-0.2, 0) is 4.79 Å². The maximum absolute atomic E-state index is 11.9. The van der Waals surface area contributed by atoms with Gasteiger partial charge < -0.3 is 0 Å². The van der Waals surface area contributed by atoms with Gasteiger partial charge in [-0.2, -0.15) is 0 Å². The molecule has 5 heteroatoms. The minimum atomic E-state index is -1.84. The number of rotatable bonds is 4. The van der Waals surface area contributed by atoms with Crippen LogP contribution in [0.1, 0.15) is 23.6 Å². The van der Waals surface area contributed by atoms with Crippen LogP contribution in [0, 0.1) is 17.0 Å². The van der Waals surface area contributed by atoms with E-state index >= 15 is 0 Å². The van der Waals surface area contributed by atoms with Gasteiger partial charge in [-0.1, -0.05) is 37.8 Å². The van der Waals surface area contributed by atoms with Gasteiger partial charge in [-0.05, 0) is 13.8 Å². The molecule has 0 aliphatic carbocycles. The summed E-state index contributed by atoms with van der Waals surface area (Å²) in [4.78, 5) is 22.7. The highest BCUT2D eigenvalue weighted by Crippen LogP contribution is 2.35. The molecule has 1 aromatic carbocycles. The SMILES string of the molecule is CC(=O)C(c1cccc(C)c1[N+](=O)[O-])[Si](C)(C)C. The first kappa shape index (κ1) is 14.6. The summed E-state index contributed by atoms with van der Waals surface area (Å²) in [7, 11) is -1.84. The fraction of sp³-hybridized carbons (Fsp3) is 0.462. The molecule has 0 spiro atoms. The highest BCUT2D eigenvalue weighted by Gasteiger charge is 2.36. The van der Waals surface area contributed by atoms with Gasteiger partial charge in [-0.25, -0.2) is 0 Å². The van der Waals surface area contributed by atoms with Gasteiger partial charge in [0.25, 0.3) is 5.69 Å². The fourth-order valence-corrected chi connectivity index (χ4v) is 4.84. The number of carbonyl (C=O) groups excluding carboxylic acids is 1. The Labute approximate surface area is 108 Å². The zero-order valence-corrected chi connectivity index (χ0v) is 12.5. The normalized spacial score (nSPS) is 13.2. The van der Waals surface area contributed by atoms with Crippen LogP contribution in [-0.4, -0.2) is 18.8 Å². The van der Waals surface area contributed by atoms with Crippen LogP contribution in [0.15, 0.2) is 18.2 Å². The first-order valence-electron chi connectivity index (χ1n) is 5.90. The van der Waals surface area contributed by atoms with E-state index in [-0.39, 0.29) is 21.9 Å². The van der Waals surface area contributed by atoms with Gasteiger partial charge in [0.1, 0.15) is 5.78 Å². The van der Waals surface area contributed by atoms with Crippen molar-refractivity contribution in [3.63, 3.8) is 0 Å². The predicted molar refractivity (Wildman–Crippen MR) is 74.6 cm³/mol. The monoisotopic (exact) mass is 265 g/mol. The Kier molecular flexibility index (Phi) is 4.06. The molecule has 0 aromatic heterocycles. The highest BCUT2D eigenvalue weighted by molar-refractivity contribution is 6.80. The number of carbonyl (C=O) groups is 1. The highest BCUT2D eigenvalue weighted by atomic mass is 28.3. The number of benzene rings is 1.